The van der Waals surface area contributed by atoms with E-state index in [-0.39, 0.29) is 17.7 Å². The average Bonchev–Trinajstić information content (AvgIpc) is 3.25. The van der Waals surface area contributed by atoms with E-state index >= 15 is 0 Å². The summed E-state index contributed by atoms with van der Waals surface area (Å²) in [5.41, 5.74) is 0.985. The molecule has 132 valence electrons. The van der Waals surface area contributed by atoms with Gasteiger partial charge in [0.1, 0.15) is 5.82 Å². The van der Waals surface area contributed by atoms with Crippen LogP contribution in [0, 0.1) is 18.8 Å². The second kappa shape index (κ2) is 7.36. The molecule has 6 heteroatoms. The molecular weight excluding hydrogens is 304 g/mol. The Morgan fingerprint density at radius 1 is 1.17 bits per heavy atom. The fourth-order valence-corrected chi connectivity index (χ4v) is 3.89. The molecule has 0 bridgehead atoms. The standard InChI is InChI=1S/C18H28N4O2/c1-3-22-16(13(2)12-19-22)20-17(23)14-8-10-21(11-9-14)18(24)15-6-4-5-7-15/h12,14-15H,3-11H2,1-2H3,(H,20,23). The maximum atomic E-state index is 12.6. The van der Waals surface area contributed by atoms with Crippen molar-refractivity contribution in [2.75, 3.05) is 18.4 Å². The number of hydrogen-bond acceptors (Lipinski definition) is 3. The third kappa shape index (κ3) is 3.47. The minimum atomic E-state index is -0.0164. The zero-order chi connectivity index (χ0) is 17.1. The minimum Gasteiger partial charge on any atom is -0.342 e. The van der Waals surface area contributed by atoms with Crippen molar-refractivity contribution in [1.29, 1.82) is 0 Å². The van der Waals surface area contributed by atoms with E-state index in [4.69, 9.17) is 0 Å². The van der Waals surface area contributed by atoms with Crippen molar-refractivity contribution in [2.24, 2.45) is 11.8 Å². The first-order chi connectivity index (χ1) is 11.6. The monoisotopic (exact) mass is 332 g/mol. The maximum absolute atomic E-state index is 12.6. The van der Waals surface area contributed by atoms with Crippen LogP contribution in [0.3, 0.4) is 0 Å². The van der Waals surface area contributed by atoms with Crippen LogP contribution < -0.4 is 5.32 Å². The molecule has 2 heterocycles. The first-order valence-corrected chi connectivity index (χ1v) is 9.22. The zero-order valence-electron chi connectivity index (χ0n) is 14.8. The Kier molecular flexibility index (Phi) is 5.21. The van der Waals surface area contributed by atoms with Gasteiger partial charge < -0.3 is 10.2 Å². The number of nitrogens with zero attached hydrogens (tertiary/aromatic N) is 3. The van der Waals surface area contributed by atoms with Crippen LogP contribution in [-0.2, 0) is 16.1 Å². The lowest BCUT2D eigenvalue weighted by Gasteiger charge is -2.33. The number of aryl methyl sites for hydroxylation is 2. The van der Waals surface area contributed by atoms with Crippen LogP contribution in [0.5, 0.6) is 0 Å². The number of likely N-dealkylation sites (tertiary alicyclic amines) is 1. The summed E-state index contributed by atoms with van der Waals surface area (Å²) in [5, 5.41) is 7.30. The van der Waals surface area contributed by atoms with Crippen LogP contribution in [-0.4, -0.2) is 39.6 Å². The van der Waals surface area contributed by atoms with E-state index in [1.165, 1.54) is 12.8 Å². The zero-order valence-corrected chi connectivity index (χ0v) is 14.8. The summed E-state index contributed by atoms with van der Waals surface area (Å²) in [5.74, 6) is 1.38. The molecule has 1 aliphatic carbocycles. The Morgan fingerprint density at radius 2 is 1.83 bits per heavy atom. The van der Waals surface area contributed by atoms with Gasteiger partial charge in [0.15, 0.2) is 0 Å². The van der Waals surface area contributed by atoms with Gasteiger partial charge in [-0.25, -0.2) is 4.68 Å². The predicted molar refractivity (Wildman–Crippen MR) is 92.5 cm³/mol. The van der Waals surface area contributed by atoms with Gasteiger partial charge in [-0.05, 0) is 39.5 Å². The molecule has 2 aliphatic rings. The SMILES string of the molecule is CCn1ncc(C)c1NC(=O)C1CCN(C(=O)C2CCCC2)CC1. The van der Waals surface area contributed by atoms with E-state index in [1.54, 1.807) is 6.20 Å². The molecule has 0 radical (unpaired) electrons. The number of amides is 2. The number of aromatic nitrogens is 2. The third-order valence-electron chi connectivity index (χ3n) is 5.45. The smallest absolute Gasteiger partial charge is 0.228 e. The average molecular weight is 332 g/mol. The summed E-state index contributed by atoms with van der Waals surface area (Å²) >= 11 is 0. The van der Waals surface area contributed by atoms with Crippen molar-refractivity contribution in [3.8, 4) is 0 Å². The summed E-state index contributed by atoms with van der Waals surface area (Å²) in [4.78, 5) is 27.0. The van der Waals surface area contributed by atoms with Gasteiger partial charge in [0.2, 0.25) is 11.8 Å². The molecule has 6 nitrogen and oxygen atoms in total. The van der Waals surface area contributed by atoms with Gasteiger partial charge in [-0.15, -0.1) is 0 Å². The van der Waals surface area contributed by atoms with E-state index < -0.39 is 0 Å². The molecule has 0 aromatic carbocycles. The van der Waals surface area contributed by atoms with Gasteiger partial charge in [0.05, 0.1) is 6.20 Å². The molecule has 3 rings (SSSR count). The molecule has 0 unspecified atom stereocenters. The van der Waals surface area contributed by atoms with Gasteiger partial charge in [0, 0.05) is 37.0 Å². The van der Waals surface area contributed by atoms with Crippen molar-refractivity contribution in [3.05, 3.63) is 11.8 Å². The molecular formula is C18H28N4O2. The van der Waals surface area contributed by atoms with Crippen molar-refractivity contribution >= 4 is 17.6 Å². The Balaban J connectivity index is 1.53. The Hall–Kier alpha value is -1.85. The van der Waals surface area contributed by atoms with Crippen LogP contribution in [0.25, 0.3) is 0 Å². The normalized spacial score (nSPS) is 19.7. The third-order valence-corrected chi connectivity index (χ3v) is 5.45. The second-order valence-corrected chi connectivity index (χ2v) is 7.06. The number of piperidine rings is 1. The van der Waals surface area contributed by atoms with E-state index in [0.29, 0.717) is 19.0 Å². The first-order valence-electron chi connectivity index (χ1n) is 9.22. The van der Waals surface area contributed by atoms with E-state index in [1.807, 2.05) is 23.4 Å². The van der Waals surface area contributed by atoms with E-state index in [9.17, 15) is 9.59 Å². The Labute approximate surface area is 143 Å². The summed E-state index contributed by atoms with van der Waals surface area (Å²) in [7, 11) is 0. The first kappa shape index (κ1) is 17.0. The summed E-state index contributed by atoms with van der Waals surface area (Å²) in [6, 6.07) is 0. The maximum Gasteiger partial charge on any atom is 0.228 e. The van der Waals surface area contributed by atoms with Gasteiger partial charge in [-0.3, -0.25) is 9.59 Å². The van der Waals surface area contributed by atoms with E-state index in [0.717, 1.165) is 43.6 Å². The molecule has 1 aromatic rings. The highest BCUT2D eigenvalue weighted by molar-refractivity contribution is 5.92. The largest absolute Gasteiger partial charge is 0.342 e. The second-order valence-electron chi connectivity index (χ2n) is 7.06. The van der Waals surface area contributed by atoms with Crippen LogP contribution in [0.15, 0.2) is 6.20 Å². The molecule has 1 saturated heterocycles. The summed E-state index contributed by atoms with van der Waals surface area (Å²) < 4.78 is 1.81. The lowest BCUT2D eigenvalue weighted by atomic mass is 9.94. The van der Waals surface area contributed by atoms with Crippen molar-refractivity contribution in [1.82, 2.24) is 14.7 Å². The number of carbonyl (C=O) groups excluding carboxylic acids is 2. The Morgan fingerprint density at radius 3 is 2.46 bits per heavy atom. The van der Waals surface area contributed by atoms with Crippen LogP contribution in [0.2, 0.25) is 0 Å². The molecule has 1 N–H and O–H groups in total. The minimum absolute atomic E-state index is 0.0164. The van der Waals surface area contributed by atoms with Gasteiger partial charge in [-0.2, -0.15) is 5.10 Å². The topological polar surface area (TPSA) is 67.2 Å². The van der Waals surface area contributed by atoms with Crippen LogP contribution >= 0.6 is 0 Å². The lowest BCUT2D eigenvalue weighted by molar-refractivity contribution is -0.138. The van der Waals surface area contributed by atoms with E-state index in [2.05, 4.69) is 10.4 Å². The predicted octanol–water partition coefficient (Wildman–Crippen LogP) is 2.58. The fourth-order valence-electron chi connectivity index (χ4n) is 3.89. The highest BCUT2D eigenvalue weighted by Gasteiger charge is 2.32. The van der Waals surface area contributed by atoms with Crippen molar-refractivity contribution in [2.45, 2.75) is 58.9 Å². The number of anilines is 1. The highest BCUT2D eigenvalue weighted by atomic mass is 16.2. The molecule has 1 saturated carbocycles. The van der Waals surface area contributed by atoms with Gasteiger partial charge in [0.25, 0.3) is 0 Å². The molecule has 1 aromatic heterocycles. The van der Waals surface area contributed by atoms with Gasteiger partial charge >= 0.3 is 0 Å². The quantitative estimate of drug-likeness (QED) is 0.921. The molecule has 1 aliphatic heterocycles. The van der Waals surface area contributed by atoms with Crippen molar-refractivity contribution in [3.63, 3.8) is 0 Å². The van der Waals surface area contributed by atoms with Crippen molar-refractivity contribution < 1.29 is 9.59 Å². The molecule has 2 fully saturated rings. The lowest BCUT2D eigenvalue weighted by Crippen LogP contribution is -2.43. The fraction of sp³-hybridized carbons (Fsp3) is 0.722. The highest BCUT2D eigenvalue weighted by Crippen LogP contribution is 2.29. The van der Waals surface area contributed by atoms with Crippen LogP contribution in [0.4, 0.5) is 5.82 Å². The Bertz CT molecular complexity index is 596. The molecule has 0 atom stereocenters. The van der Waals surface area contributed by atoms with Crippen LogP contribution in [0.1, 0.15) is 51.0 Å². The number of rotatable bonds is 4. The number of nitrogens with one attached hydrogen (secondary N) is 1. The number of carbonyl (C=O) groups is 2. The molecule has 0 spiro atoms. The van der Waals surface area contributed by atoms with Gasteiger partial charge in [-0.1, -0.05) is 12.8 Å². The number of hydrogen-bond donors (Lipinski definition) is 1. The molecule has 24 heavy (non-hydrogen) atoms. The molecule has 2 amide bonds. The summed E-state index contributed by atoms with van der Waals surface area (Å²) in [6.45, 7) is 6.11. The summed E-state index contributed by atoms with van der Waals surface area (Å²) in [6.07, 6.45) is 7.73.